The zero-order chi connectivity index (χ0) is 12.3. The highest BCUT2D eigenvalue weighted by molar-refractivity contribution is 9.09. The first-order valence-electron chi connectivity index (χ1n) is 6.25. The van der Waals surface area contributed by atoms with Gasteiger partial charge < -0.3 is 0 Å². The van der Waals surface area contributed by atoms with Gasteiger partial charge in [0.1, 0.15) is 5.82 Å². The Morgan fingerprint density at radius 3 is 2.76 bits per heavy atom. The summed E-state index contributed by atoms with van der Waals surface area (Å²) in [5, 5.41) is 0.984. The fraction of sp³-hybridized carbons (Fsp3) is 0.571. The molecule has 0 amide bonds. The topological polar surface area (TPSA) is 3.24 Å². The Balaban J connectivity index is 2.07. The van der Waals surface area contributed by atoms with Crippen LogP contribution in [0.15, 0.2) is 18.2 Å². The standard InChI is InChI=1S/C14H19BrFN/c1-11-5-6-13(16)9-12(11)10-17(8-7-15)14-3-2-4-14/h5-6,9,14H,2-4,7-8,10H2,1H3. The summed E-state index contributed by atoms with van der Waals surface area (Å²) in [7, 11) is 0. The van der Waals surface area contributed by atoms with E-state index >= 15 is 0 Å². The number of rotatable bonds is 5. The van der Waals surface area contributed by atoms with E-state index in [1.807, 2.05) is 6.07 Å². The molecule has 0 heterocycles. The molecule has 1 aliphatic rings. The summed E-state index contributed by atoms with van der Waals surface area (Å²) in [6.45, 7) is 3.97. The molecule has 1 aliphatic carbocycles. The number of benzene rings is 1. The van der Waals surface area contributed by atoms with Gasteiger partial charge in [0, 0.05) is 24.5 Å². The molecule has 17 heavy (non-hydrogen) atoms. The van der Waals surface area contributed by atoms with Gasteiger partial charge in [0.05, 0.1) is 0 Å². The number of hydrogen-bond acceptors (Lipinski definition) is 1. The minimum atomic E-state index is -0.127. The van der Waals surface area contributed by atoms with Gasteiger partial charge >= 0.3 is 0 Å². The molecule has 0 aromatic heterocycles. The molecule has 0 unspecified atom stereocenters. The monoisotopic (exact) mass is 299 g/mol. The summed E-state index contributed by atoms with van der Waals surface area (Å²) in [5.74, 6) is -0.127. The van der Waals surface area contributed by atoms with Crippen molar-refractivity contribution in [3.05, 3.63) is 35.1 Å². The first-order valence-corrected chi connectivity index (χ1v) is 7.38. The van der Waals surface area contributed by atoms with Crippen molar-refractivity contribution in [2.24, 2.45) is 0 Å². The molecule has 1 nitrogen and oxygen atoms in total. The molecule has 1 aromatic rings. The first-order chi connectivity index (χ1) is 8.20. The van der Waals surface area contributed by atoms with Gasteiger partial charge in [-0.3, -0.25) is 4.90 Å². The van der Waals surface area contributed by atoms with E-state index in [0.717, 1.165) is 24.0 Å². The van der Waals surface area contributed by atoms with Crippen molar-refractivity contribution in [1.82, 2.24) is 4.90 Å². The lowest BCUT2D eigenvalue weighted by atomic mass is 9.91. The highest BCUT2D eigenvalue weighted by atomic mass is 79.9. The summed E-state index contributed by atoms with van der Waals surface area (Å²) in [6.07, 6.45) is 3.92. The average Bonchev–Trinajstić information content (AvgIpc) is 2.21. The van der Waals surface area contributed by atoms with Gasteiger partial charge in [-0.1, -0.05) is 28.4 Å². The minimum absolute atomic E-state index is 0.127. The molecule has 0 bridgehead atoms. The second kappa shape index (κ2) is 5.96. The zero-order valence-corrected chi connectivity index (χ0v) is 11.8. The molecule has 0 radical (unpaired) electrons. The van der Waals surface area contributed by atoms with Crippen LogP contribution >= 0.6 is 15.9 Å². The maximum absolute atomic E-state index is 13.3. The number of nitrogens with zero attached hydrogens (tertiary/aromatic N) is 1. The van der Waals surface area contributed by atoms with Crippen LogP contribution in [-0.4, -0.2) is 22.8 Å². The minimum Gasteiger partial charge on any atom is -0.295 e. The third-order valence-electron chi connectivity index (χ3n) is 3.65. The van der Waals surface area contributed by atoms with E-state index in [4.69, 9.17) is 0 Å². The van der Waals surface area contributed by atoms with Crippen LogP contribution in [-0.2, 0) is 6.54 Å². The van der Waals surface area contributed by atoms with Gasteiger partial charge in [-0.2, -0.15) is 0 Å². The third kappa shape index (κ3) is 3.29. The molecule has 0 aliphatic heterocycles. The predicted molar refractivity (Wildman–Crippen MR) is 73.0 cm³/mol. The van der Waals surface area contributed by atoms with Crippen LogP contribution in [0.2, 0.25) is 0 Å². The van der Waals surface area contributed by atoms with Gasteiger partial charge in [-0.25, -0.2) is 4.39 Å². The lowest BCUT2D eigenvalue weighted by Gasteiger charge is -2.37. The van der Waals surface area contributed by atoms with Crippen molar-refractivity contribution >= 4 is 15.9 Å². The van der Waals surface area contributed by atoms with E-state index in [-0.39, 0.29) is 5.82 Å². The van der Waals surface area contributed by atoms with Gasteiger partial charge in [-0.15, -0.1) is 0 Å². The number of hydrogen-bond donors (Lipinski definition) is 0. The summed E-state index contributed by atoms with van der Waals surface area (Å²) in [5.41, 5.74) is 2.31. The number of aryl methyl sites for hydroxylation is 1. The second-order valence-corrected chi connectivity index (χ2v) is 5.61. The number of halogens is 2. The summed E-state index contributed by atoms with van der Waals surface area (Å²) in [6, 6.07) is 5.79. The fourth-order valence-electron chi connectivity index (χ4n) is 2.28. The van der Waals surface area contributed by atoms with Crippen molar-refractivity contribution in [3.63, 3.8) is 0 Å². The van der Waals surface area contributed by atoms with Crippen LogP contribution in [0, 0.1) is 12.7 Å². The molecular formula is C14H19BrFN. The van der Waals surface area contributed by atoms with Crippen molar-refractivity contribution in [2.45, 2.75) is 38.8 Å². The largest absolute Gasteiger partial charge is 0.295 e. The van der Waals surface area contributed by atoms with E-state index < -0.39 is 0 Å². The van der Waals surface area contributed by atoms with Crippen molar-refractivity contribution in [1.29, 1.82) is 0 Å². The third-order valence-corrected chi connectivity index (χ3v) is 4.00. The summed E-state index contributed by atoms with van der Waals surface area (Å²) in [4.78, 5) is 2.47. The lowest BCUT2D eigenvalue weighted by molar-refractivity contribution is 0.128. The summed E-state index contributed by atoms with van der Waals surface area (Å²) < 4.78 is 13.3. The maximum atomic E-state index is 13.3. The molecule has 1 fully saturated rings. The molecule has 1 aromatic carbocycles. The van der Waals surface area contributed by atoms with Crippen LogP contribution < -0.4 is 0 Å². The van der Waals surface area contributed by atoms with Crippen molar-refractivity contribution in [3.8, 4) is 0 Å². The molecule has 0 N–H and O–H groups in total. The van der Waals surface area contributed by atoms with E-state index in [2.05, 4.69) is 27.8 Å². The van der Waals surface area contributed by atoms with Gasteiger partial charge in [0.25, 0.3) is 0 Å². The molecular weight excluding hydrogens is 281 g/mol. The average molecular weight is 300 g/mol. The molecule has 0 saturated heterocycles. The van der Waals surface area contributed by atoms with E-state index in [9.17, 15) is 4.39 Å². The van der Waals surface area contributed by atoms with E-state index in [0.29, 0.717) is 6.04 Å². The highest BCUT2D eigenvalue weighted by Crippen LogP contribution is 2.27. The van der Waals surface area contributed by atoms with Crippen LogP contribution in [0.3, 0.4) is 0 Å². The van der Waals surface area contributed by atoms with Crippen molar-refractivity contribution < 1.29 is 4.39 Å². The second-order valence-electron chi connectivity index (χ2n) is 4.81. The molecule has 2 rings (SSSR count). The maximum Gasteiger partial charge on any atom is 0.123 e. The Morgan fingerprint density at radius 1 is 1.41 bits per heavy atom. The Bertz CT molecular complexity index is 376. The lowest BCUT2D eigenvalue weighted by Crippen LogP contribution is -2.40. The molecule has 3 heteroatoms. The smallest absolute Gasteiger partial charge is 0.123 e. The van der Waals surface area contributed by atoms with Gasteiger partial charge in [-0.05, 0) is 43.0 Å². The van der Waals surface area contributed by atoms with Gasteiger partial charge in [0.15, 0.2) is 0 Å². The van der Waals surface area contributed by atoms with E-state index in [1.54, 1.807) is 6.07 Å². The molecule has 0 spiro atoms. The molecule has 1 saturated carbocycles. The molecule has 94 valence electrons. The highest BCUT2D eigenvalue weighted by Gasteiger charge is 2.24. The van der Waals surface area contributed by atoms with Crippen LogP contribution in [0.4, 0.5) is 4.39 Å². The van der Waals surface area contributed by atoms with Crippen LogP contribution in [0.5, 0.6) is 0 Å². The van der Waals surface area contributed by atoms with Crippen molar-refractivity contribution in [2.75, 3.05) is 11.9 Å². The van der Waals surface area contributed by atoms with Crippen LogP contribution in [0.1, 0.15) is 30.4 Å². The normalized spacial score (nSPS) is 16.2. The fourth-order valence-corrected chi connectivity index (χ4v) is 2.74. The first kappa shape index (κ1) is 13.0. The zero-order valence-electron chi connectivity index (χ0n) is 10.3. The predicted octanol–water partition coefficient (Wildman–Crippen LogP) is 3.88. The van der Waals surface area contributed by atoms with Gasteiger partial charge in [0.2, 0.25) is 0 Å². The van der Waals surface area contributed by atoms with E-state index in [1.165, 1.54) is 30.9 Å². The Hall–Kier alpha value is -0.410. The quantitative estimate of drug-likeness (QED) is 0.746. The Morgan fingerprint density at radius 2 is 2.18 bits per heavy atom. The Kier molecular flexibility index (Phi) is 4.57. The molecule has 0 atom stereocenters. The SMILES string of the molecule is Cc1ccc(F)cc1CN(CCBr)C1CCC1. The number of alkyl halides is 1. The summed E-state index contributed by atoms with van der Waals surface area (Å²) >= 11 is 3.50. The van der Waals surface area contributed by atoms with Crippen LogP contribution in [0.25, 0.3) is 0 Å². The Labute approximate surface area is 111 Å².